The minimum Gasteiger partial charge on any atom is -0.497 e. The van der Waals surface area contributed by atoms with E-state index in [2.05, 4.69) is 43.0 Å². The smallest absolute Gasteiger partial charge is 0.324 e. The maximum Gasteiger partial charge on any atom is 0.324 e. The number of aromatic amines is 1. The van der Waals surface area contributed by atoms with Crippen LogP contribution in [0.3, 0.4) is 0 Å². The number of carbonyl (C=O) groups is 1. The van der Waals surface area contributed by atoms with E-state index in [1.807, 2.05) is 85.8 Å². The lowest BCUT2D eigenvalue weighted by atomic mass is 10.1. The molecule has 0 aliphatic rings. The summed E-state index contributed by atoms with van der Waals surface area (Å²) in [6.07, 6.45) is 6.28. The molecule has 4 aromatic carbocycles. The van der Waals surface area contributed by atoms with Crippen molar-refractivity contribution in [1.82, 2.24) is 29.9 Å². The van der Waals surface area contributed by atoms with Crippen LogP contribution >= 0.6 is 0 Å². The van der Waals surface area contributed by atoms with Gasteiger partial charge in [0.2, 0.25) is 11.8 Å². The number of anilines is 4. The van der Waals surface area contributed by atoms with Crippen molar-refractivity contribution >= 4 is 50.8 Å². The molecule has 0 atom stereocenters. The van der Waals surface area contributed by atoms with E-state index in [-0.39, 0.29) is 0 Å². The fourth-order valence-corrected chi connectivity index (χ4v) is 5.67. The quantitative estimate of drug-likeness (QED) is 0.109. The minimum absolute atomic E-state index is 0.368. The number of ether oxygens (including phenoxy) is 2. The third-order valence-electron chi connectivity index (χ3n) is 8.08. The first-order chi connectivity index (χ1) is 24.0. The van der Waals surface area contributed by atoms with Crippen LogP contribution < -0.4 is 25.4 Å². The predicted octanol–water partition coefficient (Wildman–Crippen LogP) is 8.53. The van der Waals surface area contributed by atoms with Crippen LogP contribution in [0.1, 0.15) is 31.0 Å². The van der Waals surface area contributed by atoms with Crippen molar-refractivity contribution in [3.05, 3.63) is 109 Å². The number of methoxy groups -OCH3 is 1. The molecule has 0 aliphatic carbocycles. The molecule has 12 heteroatoms. The van der Waals surface area contributed by atoms with Gasteiger partial charge >= 0.3 is 6.03 Å². The molecule has 0 fully saturated rings. The number of urea groups is 1. The summed E-state index contributed by atoms with van der Waals surface area (Å²) in [5.41, 5.74) is 5.21. The number of H-pyrrole nitrogens is 1. The van der Waals surface area contributed by atoms with Crippen molar-refractivity contribution in [2.24, 2.45) is 0 Å². The molecule has 0 spiro atoms. The van der Waals surface area contributed by atoms with Crippen LogP contribution in [-0.4, -0.2) is 43.1 Å². The molecule has 7 rings (SSSR count). The molecule has 4 N–H and O–H groups in total. The van der Waals surface area contributed by atoms with E-state index in [4.69, 9.17) is 14.6 Å². The summed E-state index contributed by atoms with van der Waals surface area (Å²) in [6, 6.07) is 26.1. The number of nitrogens with zero attached hydrogens (tertiary/aromatic N) is 5. The third-order valence-corrected chi connectivity index (χ3v) is 8.08. The Bertz CT molecular complexity index is 2260. The number of benzene rings is 4. The molecule has 3 heterocycles. The molecule has 3 aromatic heterocycles. The first kappa shape index (κ1) is 31.2. The SMILES string of the molecule is CCCCc1cc(NC(=O)Nc2ccc(Oc3ccnc(Nc4cc(C)c5[nH]ncc5c4)n3)c3ccccc23)n(-c2ccc(OC)cc2)n1. The third kappa shape index (κ3) is 6.84. The average Bonchev–Trinajstić information content (AvgIpc) is 3.76. The number of aryl methyl sites for hydroxylation is 2. The van der Waals surface area contributed by atoms with Gasteiger partial charge in [-0.25, -0.2) is 14.5 Å². The number of carbonyl (C=O) groups excluding carboxylic acids is 1. The summed E-state index contributed by atoms with van der Waals surface area (Å²) >= 11 is 0. The molecule has 0 radical (unpaired) electrons. The molecule has 7 aromatic rings. The van der Waals surface area contributed by atoms with Crippen molar-refractivity contribution in [3.63, 3.8) is 0 Å². The highest BCUT2D eigenvalue weighted by Crippen LogP contribution is 2.34. The van der Waals surface area contributed by atoms with E-state index in [0.717, 1.165) is 69.3 Å². The molecule has 12 nitrogen and oxygen atoms in total. The van der Waals surface area contributed by atoms with E-state index in [1.165, 1.54) is 0 Å². The molecular formula is C37H35N9O3. The standard InChI is InChI=1S/C37H35N9O3/c1-4-5-8-25-21-33(46(45-25)27-11-13-28(48-3)14-12-27)42-37(47)41-31-15-16-32(30-10-7-6-9-29(30)31)49-34-17-18-38-36(43-34)40-26-19-23(2)35-24(20-26)22-39-44-35/h6-7,9-22H,4-5,8H2,1-3H3,(H,39,44)(H,38,40,43)(H2,41,42,47). The summed E-state index contributed by atoms with van der Waals surface area (Å²) in [6.45, 7) is 4.16. The van der Waals surface area contributed by atoms with Crippen LogP contribution in [0.2, 0.25) is 0 Å². The zero-order valence-electron chi connectivity index (χ0n) is 27.3. The molecular weight excluding hydrogens is 618 g/mol. The van der Waals surface area contributed by atoms with E-state index >= 15 is 0 Å². The Hall–Kier alpha value is -6.43. The molecule has 2 amide bonds. The largest absolute Gasteiger partial charge is 0.497 e. The molecule has 0 unspecified atom stereocenters. The second-order valence-electron chi connectivity index (χ2n) is 11.5. The predicted molar refractivity (Wildman–Crippen MR) is 192 cm³/mol. The lowest BCUT2D eigenvalue weighted by Gasteiger charge is -2.14. The number of hydrogen-bond donors (Lipinski definition) is 4. The van der Waals surface area contributed by atoms with Crippen LogP contribution in [0.4, 0.5) is 27.9 Å². The summed E-state index contributed by atoms with van der Waals surface area (Å²) in [4.78, 5) is 22.4. The molecule has 49 heavy (non-hydrogen) atoms. The van der Waals surface area contributed by atoms with Gasteiger partial charge in [-0.15, -0.1) is 0 Å². The second kappa shape index (κ2) is 13.7. The number of hydrogen-bond acceptors (Lipinski definition) is 8. The van der Waals surface area contributed by atoms with E-state index in [0.29, 0.717) is 29.1 Å². The first-order valence-corrected chi connectivity index (χ1v) is 16.0. The Morgan fingerprint density at radius 1 is 0.959 bits per heavy atom. The monoisotopic (exact) mass is 653 g/mol. The van der Waals surface area contributed by atoms with Gasteiger partial charge in [-0.3, -0.25) is 10.4 Å². The zero-order valence-corrected chi connectivity index (χ0v) is 27.3. The van der Waals surface area contributed by atoms with Gasteiger partial charge in [0.1, 0.15) is 17.3 Å². The van der Waals surface area contributed by atoms with Gasteiger partial charge in [-0.05, 0) is 73.9 Å². The number of rotatable bonds is 11. The summed E-state index contributed by atoms with van der Waals surface area (Å²) in [7, 11) is 1.63. The highest BCUT2D eigenvalue weighted by Gasteiger charge is 2.16. The molecule has 0 aliphatic heterocycles. The Kier molecular flexibility index (Phi) is 8.74. The van der Waals surface area contributed by atoms with E-state index < -0.39 is 6.03 Å². The van der Waals surface area contributed by atoms with Crippen molar-refractivity contribution in [2.45, 2.75) is 33.1 Å². The highest BCUT2D eigenvalue weighted by atomic mass is 16.5. The van der Waals surface area contributed by atoms with Crippen LogP contribution in [-0.2, 0) is 6.42 Å². The highest BCUT2D eigenvalue weighted by molar-refractivity contribution is 6.07. The van der Waals surface area contributed by atoms with Crippen LogP contribution in [0, 0.1) is 6.92 Å². The minimum atomic E-state index is -0.397. The lowest BCUT2D eigenvalue weighted by Crippen LogP contribution is -2.21. The first-order valence-electron chi connectivity index (χ1n) is 16.0. The number of aromatic nitrogens is 6. The Labute approximate surface area is 282 Å². The lowest BCUT2D eigenvalue weighted by molar-refractivity contribution is 0.262. The van der Waals surface area contributed by atoms with Crippen LogP contribution in [0.25, 0.3) is 27.4 Å². The molecule has 0 bridgehead atoms. The Morgan fingerprint density at radius 2 is 1.80 bits per heavy atom. The fraction of sp³-hybridized carbons (Fsp3) is 0.162. The van der Waals surface area contributed by atoms with Gasteiger partial charge in [0.05, 0.1) is 35.9 Å². The van der Waals surface area contributed by atoms with E-state index in [9.17, 15) is 4.79 Å². The summed E-state index contributed by atoms with van der Waals surface area (Å²) in [5, 5.41) is 23.8. The fourth-order valence-electron chi connectivity index (χ4n) is 5.67. The van der Waals surface area contributed by atoms with Crippen molar-refractivity contribution in [2.75, 3.05) is 23.1 Å². The van der Waals surface area contributed by atoms with Crippen LogP contribution in [0.5, 0.6) is 17.4 Å². The van der Waals surface area contributed by atoms with Gasteiger partial charge in [0, 0.05) is 40.2 Å². The number of unbranched alkanes of at least 4 members (excludes halogenated alkanes) is 1. The van der Waals surface area contributed by atoms with Gasteiger partial charge in [-0.1, -0.05) is 37.6 Å². The van der Waals surface area contributed by atoms with Gasteiger partial charge in [0.25, 0.3) is 0 Å². The normalized spacial score (nSPS) is 11.1. The Morgan fingerprint density at radius 3 is 2.61 bits per heavy atom. The zero-order chi connectivity index (χ0) is 33.7. The van der Waals surface area contributed by atoms with Gasteiger partial charge in [-0.2, -0.15) is 15.2 Å². The Balaban J connectivity index is 1.10. The molecule has 0 saturated carbocycles. The maximum absolute atomic E-state index is 13.4. The van der Waals surface area contributed by atoms with Gasteiger partial charge in [0.15, 0.2) is 0 Å². The van der Waals surface area contributed by atoms with E-state index in [1.54, 1.807) is 30.3 Å². The number of nitrogens with one attached hydrogen (secondary N) is 4. The maximum atomic E-state index is 13.4. The summed E-state index contributed by atoms with van der Waals surface area (Å²) < 4.78 is 13.3. The van der Waals surface area contributed by atoms with Crippen molar-refractivity contribution < 1.29 is 14.3 Å². The second-order valence-corrected chi connectivity index (χ2v) is 11.5. The number of fused-ring (bicyclic) bond motifs is 2. The topological polar surface area (TPSA) is 144 Å². The van der Waals surface area contributed by atoms with Crippen molar-refractivity contribution in [1.29, 1.82) is 0 Å². The average molecular weight is 654 g/mol. The summed E-state index contributed by atoms with van der Waals surface area (Å²) in [5.74, 6) is 2.65. The van der Waals surface area contributed by atoms with Crippen molar-refractivity contribution in [3.8, 4) is 23.1 Å². The number of amides is 2. The van der Waals surface area contributed by atoms with Gasteiger partial charge < -0.3 is 20.1 Å². The molecule has 0 saturated heterocycles. The van der Waals surface area contributed by atoms with Crippen LogP contribution in [0.15, 0.2) is 97.3 Å². The molecule has 246 valence electrons.